The van der Waals surface area contributed by atoms with Gasteiger partial charge < -0.3 is 18.9 Å². The third-order valence-electron chi connectivity index (χ3n) is 6.77. The normalized spacial score (nSPS) is 12.1. The molecular weight excluding hydrogens is 474 g/mol. The zero-order valence-corrected chi connectivity index (χ0v) is 21.5. The van der Waals surface area contributed by atoms with Gasteiger partial charge in [0.05, 0.1) is 33.5 Å². The van der Waals surface area contributed by atoms with E-state index < -0.39 is 22.8 Å². The van der Waals surface area contributed by atoms with E-state index in [4.69, 9.17) is 4.74 Å². The number of aryl methyl sites for hydroxylation is 1. The highest BCUT2D eigenvalue weighted by molar-refractivity contribution is 5.85. The number of aromatic nitrogens is 4. The molecule has 2 heterocycles. The number of carbonyl (C=O) groups excluding carboxylic acids is 1. The molecule has 0 saturated carbocycles. The van der Waals surface area contributed by atoms with Crippen molar-refractivity contribution < 1.29 is 19.1 Å². The van der Waals surface area contributed by atoms with E-state index in [9.17, 15) is 19.5 Å². The largest absolute Gasteiger partial charge is 0.457 e. The molecule has 0 atom stereocenters. The first kappa shape index (κ1) is 26.1. The van der Waals surface area contributed by atoms with Crippen molar-refractivity contribution in [3.63, 3.8) is 0 Å². The van der Waals surface area contributed by atoms with Crippen LogP contribution in [0.15, 0.2) is 76.6 Å². The van der Waals surface area contributed by atoms with E-state index in [1.807, 2.05) is 26.2 Å². The Hall–Kier alpha value is -4.02. The standard InChI is InChI=1S/C27H32N5O5/c1-29-23-22(24(33)30(2)26(29)35)31(19-28-23)15-16-32(3,4)17-18-37-25(34)27(36,20-11-7-5-8-12-20)21-13-9-6-10-14-21/h5-14,19,36H,15-18H2,1-4H3/q+1. The van der Waals surface area contributed by atoms with Crippen molar-refractivity contribution in [2.45, 2.75) is 12.1 Å². The molecule has 0 amide bonds. The van der Waals surface area contributed by atoms with Crippen molar-refractivity contribution in [2.24, 2.45) is 14.1 Å². The van der Waals surface area contributed by atoms with E-state index in [2.05, 4.69) is 4.98 Å². The number of aliphatic hydroxyl groups is 1. The molecular formula is C27H32N5O5+. The lowest BCUT2D eigenvalue weighted by Crippen LogP contribution is -2.46. The van der Waals surface area contributed by atoms with Gasteiger partial charge in [-0.2, -0.15) is 0 Å². The van der Waals surface area contributed by atoms with Crippen LogP contribution in [0, 0.1) is 0 Å². The molecule has 0 radical (unpaired) electrons. The molecule has 4 aromatic rings. The molecule has 1 N–H and O–H groups in total. The van der Waals surface area contributed by atoms with Gasteiger partial charge in [0.2, 0.25) is 5.60 Å². The maximum absolute atomic E-state index is 13.2. The summed E-state index contributed by atoms with van der Waals surface area (Å²) in [6.45, 7) is 1.66. The second kappa shape index (κ2) is 10.2. The van der Waals surface area contributed by atoms with Crippen LogP contribution in [0.1, 0.15) is 11.1 Å². The summed E-state index contributed by atoms with van der Waals surface area (Å²) in [6.07, 6.45) is 1.56. The molecule has 0 aliphatic carbocycles. The van der Waals surface area contributed by atoms with Gasteiger partial charge in [0.15, 0.2) is 11.2 Å². The monoisotopic (exact) mass is 506 g/mol. The van der Waals surface area contributed by atoms with Crippen LogP contribution in [-0.2, 0) is 35.8 Å². The maximum Gasteiger partial charge on any atom is 0.347 e. The van der Waals surface area contributed by atoms with E-state index in [0.717, 1.165) is 4.57 Å². The summed E-state index contributed by atoms with van der Waals surface area (Å²) in [6, 6.07) is 17.5. The molecule has 4 rings (SSSR count). The number of hydrogen-bond donors (Lipinski definition) is 1. The molecule has 0 saturated heterocycles. The first-order valence-corrected chi connectivity index (χ1v) is 12.0. The van der Waals surface area contributed by atoms with E-state index >= 15 is 0 Å². The number of quaternary nitrogens is 1. The molecule has 0 fully saturated rings. The van der Waals surface area contributed by atoms with Gasteiger partial charge in [-0.05, 0) is 11.1 Å². The first-order valence-electron chi connectivity index (χ1n) is 12.0. The van der Waals surface area contributed by atoms with Crippen molar-refractivity contribution in [3.8, 4) is 0 Å². The molecule has 37 heavy (non-hydrogen) atoms. The summed E-state index contributed by atoms with van der Waals surface area (Å²) in [5, 5.41) is 11.5. The molecule has 194 valence electrons. The van der Waals surface area contributed by atoms with Gasteiger partial charge >= 0.3 is 11.7 Å². The van der Waals surface area contributed by atoms with Crippen molar-refractivity contribution in [2.75, 3.05) is 33.8 Å². The fraction of sp³-hybridized carbons (Fsp3) is 0.333. The Bertz CT molecular complexity index is 1480. The van der Waals surface area contributed by atoms with Crippen LogP contribution in [0.25, 0.3) is 11.2 Å². The summed E-state index contributed by atoms with van der Waals surface area (Å²) in [4.78, 5) is 42.3. The Morgan fingerprint density at radius 1 is 0.946 bits per heavy atom. The predicted octanol–water partition coefficient (Wildman–Crippen LogP) is 0.989. The molecule has 10 heteroatoms. The molecule has 0 bridgehead atoms. The van der Waals surface area contributed by atoms with Gasteiger partial charge in [-0.3, -0.25) is 13.9 Å². The summed E-state index contributed by atoms with van der Waals surface area (Å²) < 4.78 is 10.3. The lowest BCUT2D eigenvalue weighted by molar-refractivity contribution is -0.891. The predicted molar refractivity (Wildman–Crippen MR) is 139 cm³/mol. The second-order valence-corrected chi connectivity index (χ2v) is 9.78. The van der Waals surface area contributed by atoms with E-state index in [1.165, 1.54) is 11.6 Å². The van der Waals surface area contributed by atoms with Gasteiger partial charge in [0.25, 0.3) is 5.56 Å². The quantitative estimate of drug-likeness (QED) is 0.268. The van der Waals surface area contributed by atoms with Crippen LogP contribution >= 0.6 is 0 Å². The van der Waals surface area contributed by atoms with Crippen molar-refractivity contribution in [1.29, 1.82) is 0 Å². The molecule has 2 aromatic heterocycles. The van der Waals surface area contributed by atoms with Gasteiger partial charge in [0.1, 0.15) is 13.2 Å². The lowest BCUT2D eigenvalue weighted by Gasteiger charge is -2.31. The second-order valence-electron chi connectivity index (χ2n) is 9.78. The molecule has 2 aromatic carbocycles. The Balaban J connectivity index is 1.45. The highest BCUT2D eigenvalue weighted by Gasteiger charge is 2.41. The summed E-state index contributed by atoms with van der Waals surface area (Å²) in [7, 11) is 7.01. The van der Waals surface area contributed by atoms with Gasteiger partial charge in [0, 0.05) is 14.1 Å². The molecule has 0 aliphatic heterocycles. The van der Waals surface area contributed by atoms with Crippen LogP contribution in [0.5, 0.6) is 0 Å². The zero-order valence-electron chi connectivity index (χ0n) is 21.5. The summed E-state index contributed by atoms with van der Waals surface area (Å²) >= 11 is 0. The minimum absolute atomic E-state index is 0.0920. The Kier molecular flexibility index (Phi) is 7.15. The number of fused-ring (bicyclic) bond motifs is 1. The molecule has 0 spiro atoms. The molecule has 10 nitrogen and oxygen atoms in total. The number of likely N-dealkylation sites (N-methyl/N-ethyl adjacent to an activating group) is 1. The zero-order chi connectivity index (χ0) is 26.8. The highest BCUT2D eigenvalue weighted by atomic mass is 16.5. The average Bonchev–Trinajstić information content (AvgIpc) is 3.34. The fourth-order valence-corrected chi connectivity index (χ4v) is 4.31. The van der Waals surface area contributed by atoms with Crippen LogP contribution < -0.4 is 11.2 Å². The van der Waals surface area contributed by atoms with Crippen LogP contribution in [0.3, 0.4) is 0 Å². The smallest absolute Gasteiger partial charge is 0.347 e. The maximum atomic E-state index is 13.2. The number of nitrogens with zero attached hydrogens (tertiary/aromatic N) is 5. The minimum Gasteiger partial charge on any atom is -0.457 e. The van der Waals surface area contributed by atoms with Gasteiger partial charge in [-0.15, -0.1) is 0 Å². The average molecular weight is 507 g/mol. The van der Waals surface area contributed by atoms with Gasteiger partial charge in [-0.25, -0.2) is 14.6 Å². The highest BCUT2D eigenvalue weighted by Crippen LogP contribution is 2.31. The Morgan fingerprint density at radius 3 is 2.08 bits per heavy atom. The van der Waals surface area contributed by atoms with Crippen LogP contribution in [-0.4, -0.2) is 68.0 Å². The SMILES string of the molecule is Cn1c(=O)c2c(ncn2CC[N+](C)(C)CCOC(=O)C(O)(c2ccccc2)c2ccccc2)n(C)c1=O. The van der Waals surface area contributed by atoms with Crippen LogP contribution in [0.4, 0.5) is 0 Å². The Labute approximate surface area is 214 Å². The van der Waals surface area contributed by atoms with Crippen molar-refractivity contribution in [3.05, 3.63) is 99.0 Å². The number of ether oxygens (including phenoxy) is 1. The number of benzene rings is 2. The third kappa shape index (κ3) is 4.98. The van der Waals surface area contributed by atoms with Crippen LogP contribution in [0.2, 0.25) is 0 Å². The third-order valence-corrected chi connectivity index (χ3v) is 6.77. The number of hydrogen-bond acceptors (Lipinski definition) is 6. The van der Waals surface area contributed by atoms with Crippen molar-refractivity contribution >= 4 is 17.1 Å². The van der Waals surface area contributed by atoms with E-state index in [0.29, 0.717) is 46.4 Å². The van der Waals surface area contributed by atoms with Gasteiger partial charge in [-0.1, -0.05) is 60.7 Å². The molecule has 0 aliphatic rings. The topological polar surface area (TPSA) is 108 Å². The lowest BCUT2D eigenvalue weighted by atomic mass is 9.86. The Morgan fingerprint density at radius 2 is 1.51 bits per heavy atom. The number of esters is 1. The summed E-state index contributed by atoms with van der Waals surface area (Å²) in [5.74, 6) is -0.741. The number of imidazole rings is 1. The number of carbonyl (C=O) groups is 1. The fourth-order valence-electron chi connectivity index (χ4n) is 4.31. The minimum atomic E-state index is -1.93. The summed E-state index contributed by atoms with van der Waals surface area (Å²) in [5.41, 5.74) is -1.17. The van der Waals surface area contributed by atoms with Crippen molar-refractivity contribution in [1.82, 2.24) is 18.7 Å². The first-order chi connectivity index (χ1) is 17.6. The van der Waals surface area contributed by atoms with E-state index in [-0.39, 0.29) is 6.61 Å². The molecule has 0 unspecified atom stereocenters. The van der Waals surface area contributed by atoms with E-state index in [1.54, 1.807) is 66.5 Å². The number of rotatable bonds is 9.